The Balaban J connectivity index is 2.02. The highest BCUT2D eigenvalue weighted by atomic mass is 16.1. The van der Waals surface area contributed by atoms with Crippen molar-refractivity contribution in [3.63, 3.8) is 0 Å². The summed E-state index contributed by atoms with van der Waals surface area (Å²) in [7, 11) is 0. The molecule has 1 aliphatic carbocycles. The molecule has 0 radical (unpaired) electrons. The number of nitrogens with one attached hydrogen (secondary N) is 2. The third-order valence-electron chi connectivity index (χ3n) is 3.65. The molecule has 0 bridgehead atoms. The lowest BCUT2D eigenvalue weighted by Gasteiger charge is -2.21. The van der Waals surface area contributed by atoms with Crippen LogP contribution in [0, 0.1) is 0 Å². The number of anilines is 1. The van der Waals surface area contributed by atoms with E-state index in [0.29, 0.717) is 17.0 Å². The van der Waals surface area contributed by atoms with Crippen LogP contribution in [0.5, 0.6) is 0 Å². The van der Waals surface area contributed by atoms with Gasteiger partial charge in [0.25, 0.3) is 5.56 Å². The molecule has 0 spiro atoms. The molecule has 0 saturated carbocycles. The number of hydrogen-bond acceptors (Lipinski definition) is 4. The van der Waals surface area contributed by atoms with E-state index >= 15 is 0 Å². The average Bonchev–Trinajstić information content (AvgIpc) is 2.84. The Morgan fingerprint density at radius 1 is 1.43 bits per heavy atom. The van der Waals surface area contributed by atoms with Crippen LogP contribution in [0.15, 0.2) is 23.1 Å². The molecule has 0 aromatic carbocycles. The Morgan fingerprint density at radius 2 is 2.24 bits per heavy atom. The summed E-state index contributed by atoms with van der Waals surface area (Å²) >= 11 is 0. The Morgan fingerprint density at radius 3 is 2.90 bits per heavy atom. The van der Waals surface area contributed by atoms with Gasteiger partial charge in [-0.05, 0) is 40.0 Å². The van der Waals surface area contributed by atoms with Gasteiger partial charge < -0.3 is 5.32 Å². The molecule has 0 fully saturated rings. The zero-order chi connectivity index (χ0) is 15.0. The fourth-order valence-electron chi connectivity index (χ4n) is 2.59. The molecule has 112 valence electrons. The average molecular weight is 287 g/mol. The van der Waals surface area contributed by atoms with Crippen molar-refractivity contribution in [3.05, 3.63) is 28.7 Å². The molecule has 0 unspecified atom stereocenters. The molecule has 0 saturated heterocycles. The van der Waals surface area contributed by atoms with Crippen LogP contribution >= 0.6 is 0 Å². The van der Waals surface area contributed by atoms with Crippen molar-refractivity contribution in [2.45, 2.75) is 51.6 Å². The SMILES string of the molecule is CC(C)(C)n1ncc2c(=O)[nH]c(N[C@@H]3C=CCCC3)nc21. The van der Waals surface area contributed by atoms with Crippen LogP contribution < -0.4 is 10.9 Å². The topological polar surface area (TPSA) is 75.6 Å². The van der Waals surface area contributed by atoms with E-state index in [1.54, 1.807) is 10.9 Å². The maximum atomic E-state index is 12.2. The van der Waals surface area contributed by atoms with E-state index in [0.717, 1.165) is 19.3 Å². The summed E-state index contributed by atoms with van der Waals surface area (Å²) in [5, 5.41) is 8.12. The molecule has 6 heteroatoms. The van der Waals surface area contributed by atoms with Crippen molar-refractivity contribution in [2.75, 3.05) is 5.32 Å². The highest BCUT2D eigenvalue weighted by molar-refractivity contribution is 5.74. The molecule has 2 aromatic rings. The summed E-state index contributed by atoms with van der Waals surface area (Å²) in [5.41, 5.74) is 0.246. The van der Waals surface area contributed by atoms with Crippen LogP contribution in [0.1, 0.15) is 40.0 Å². The van der Waals surface area contributed by atoms with Gasteiger partial charge in [0.2, 0.25) is 5.95 Å². The van der Waals surface area contributed by atoms with Gasteiger partial charge in [-0.1, -0.05) is 12.2 Å². The van der Waals surface area contributed by atoms with E-state index < -0.39 is 0 Å². The highest BCUT2D eigenvalue weighted by Crippen LogP contribution is 2.19. The smallest absolute Gasteiger partial charge is 0.263 e. The molecular formula is C15H21N5O. The van der Waals surface area contributed by atoms with Crippen molar-refractivity contribution in [1.29, 1.82) is 0 Å². The summed E-state index contributed by atoms with van der Waals surface area (Å²) in [5.74, 6) is 0.509. The van der Waals surface area contributed by atoms with Gasteiger partial charge in [0.1, 0.15) is 5.39 Å². The second-order valence-electron chi connectivity index (χ2n) is 6.49. The van der Waals surface area contributed by atoms with Gasteiger partial charge in [-0.3, -0.25) is 9.78 Å². The predicted molar refractivity (Wildman–Crippen MR) is 83.5 cm³/mol. The number of H-pyrrole nitrogens is 1. The summed E-state index contributed by atoms with van der Waals surface area (Å²) in [4.78, 5) is 19.5. The number of allylic oxidation sites excluding steroid dienone is 1. The van der Waals surface area contributed by atoms with Gasteiger partial charge in [-0.2, -0.15) is 10.1 Å². The zero-order valence-electron chi connectivity index (χ0n) is 12.7. The minimum Gasteiger partial charge on any atom is -0.349 e. The van der Waals surface area contributed by atoms with Gasteiger partial charge in [0.05, 0.1) is 11.7 Å². The van der Waals surface area contributed by atoms with E-state index in [1.165, 1.54) is 0 Å². The highest BCUT2D eigenvalue weighted by Gasteiger charge is 2.20. The van der Waals surface area contributed by atoms with E-state index in [4.69, 9.17) is 0 Å². The Kier molecular flexibility index (Phi) is 3.31. The first-order valence-corrected chi connectivity index (χ1v) is 7.37. The van der Waals surface area contributed by atoms with Gasteiger partial charge in [-0.15, -0.1) is 0 Å². The van der Waals surface area contributed by atoms with Gasteiger partial charge >= 0.3 is 0 Å². The zero-order valence-corrected chi connectivity index (χ0v) is 12.7. The number of aromatic nitrogens is 4. The molecule has 2 aromatic heterocycles. The molecule has 1 aliphatic rings. The summed E-state index contributed by atoms with van der Waals surface area (Å²) in [6.07, 6.45) is 9.21. The number of fused-ring (bicyclic) bond motifs is 1. The minimum atomic E-state index is -0.218. The Hall–Kier alpha value is -2.11. The van der Waals surface area contributed by atoms with E-state index in [9.17, 15) is 4.79 Å². The fourth-order valence-corrected chi connectivity index (χ4v) is 2.59. The van der Waals surface area contributed by atoms with Gasteiger partial charge in [0, 0.05) is 6.04 Å². The lowest BCUT2D eigenvalue weighted by Crippen LogP contribution is -2.26. The van der Waals surface area contributed by atoms with E-state index in [-0.39, 0.29) is 17.1 Å². The second-order valence-corrected chi connectivity index (χ2v) is 6.49. The first-order valence-electron chi connectivity index (χ1n) is 7.37. The first kappa shape index (κ1) is 13.9. The number of rotatable bonds is 2. The Bertz CT molecular complexity index is 735. The van der Waals surface area contributed by atoms with Crippen molar-refractivity contribution >= 4 is 17.0 Å². The van der Waals surface area contributed by atoms with Crippen molar-refractivity contribution in [3.8, 4) is 0 Å². The van der Waals surface area contributed by atoms with E-state index in [1.807, 2.05) is 20.8 Å². The van der Waals surface area contributed by atoms with Crippen molar-refractivity contribution in [2.24, 2.45) is 0 Å². The Labute approximate surface area is 123 Å². The van der Waals surface area contributed by atoms with Crippen molar-refractivity contribution in [1.82, 2.24) is 19.7 Å². The number of aromatic amines is 1. The third-order valence-corrected chi connectivity index (χ3v) is 3.65. The summed E-state index contributed by atoms with van der Waals surface area (Å²) < 4.78 is 1.79. The fraction of sp³-hybridized carbons (Fsp3) is 0.533. The van der Waals surface area contributed by atoms with Crippen LogP contribution in [-0.4, -0.2) is 25.8 Å². The molecule has 2 N–H and O–H groups in total. The van der Waals surface area contributed by atoms with Crippen molar-refractivity contribution < 1.29 is 0 Å². The maximum absolute atomic E-state index is 12.2. The van der Waals surface area contributed by atoms with E-state index in [2.05, 4.69) is 32.5 Å². The van der Waals surface area contributed by atoms with Crippen LogP contribution in [0.3, 0.4) is 0 Å². The van der Waals surface area contributed by atoms with Crippen LogP contribution in [-0.2, 0) is 5.54 Å². The minimum absolute atomic E-state index is 0.155. The molecule has 6 nitrogen and oxygen atoms in total. The maximum Gasteiger partial charge on any atom is 0.263 e. The predicted octanol–water partition coefficient (Wildman–Crippen LogP) is 2.40. The quantitative estimate of drug-likeness (QED) is 0.832. The largest absolute Gasteiger partial charge is 0.349 e. The van der Waals surface area contributed by atoms with Crippen LogP contribution in [0.4, 0.5) is 5.95 Å². The molecule has 0 amide bonds. The molecule has 0 aliphatic heterocycles. The number of hydrogen-bond donors (Lipinski definition) is 2. The van der Waals surface area contributed by atoms with Crippen LogP contribution in [0.25, 0.3) is 11.0 Å². The van der Waals surface area contributed by atoms with Gasteiger partial charge in [0.15, 0.2) is 5.65 Å². The molecule has 21 heavy (non-hydrogen) atoms. The monoisotopic (exact) mass is 287 g/mol. The molecule has 3 rings (SSSR count). The normalized spacial score (nSPS) is 19.1. The summed E-state index contributed by atoms with van der Waals surface area (Å²) in [6, 6.07) is 0.227. The first-order chi connectivity index (χ1) is 9.95. The standard InChI is InChI=1S/C15H21N5O/c1-15(2,3)20-12-11(9-16-20)13(21)19-14(18-12)17-10-7-5-4-6-8-10/h5,7,9-10H,4,6,8H2,1-3H3,(H2,17,18,19,21)/t10-/m1/s1. The van der Waals surface area contributed by atoms with Gasteiger partial charge in [-0.25, -0.2) is 4.68 Å². The molecule has 2 heterocycles. The lowest BCUT2D eigenvalue weighted by atomic mass is 10.0. The lowest BCUT2D eigenvalue weighted by molar-refractivity contribution is 0.366. The molecular weight excluding hydrogens is 266 g/mol. The second kappa shape index (κ2) is 5.02. The molecule has 1 atom stereocenters. The third kappa shape index (κ3) is 2.70. The number of nitrogens with zero attached hydrogens (tertiary/aromatic N) is 3. The summed E-state index contributed by atoms with van der Waals surface area (Å²) in [6.45, 7) is 6.12. The van der Waals surface area contributed by atoms with Crippen LogP contribution in [0.2, 0.25) is 0 Å².